The Morgan fingerprint density at radius 2 is 2.16 bits per heavy atom. The van der Waals surface area contributed by atoms with E-state index in [1.165, 1.54) is 7.11 Å². The van der Waals surface area contributed by atoms with E-state index in [1.807, 2.05) is 0 Å². The first-order chi connectivity index (χ1) is 8.97. The van der Waals surface area contributed by atoms with Gasteiger partial charge >= 0.3 is 12.0 Å². The highest BCUT2D eigenvalue weighted by atomic mass is 79.9. The molecule has 0 bridgehead atoms. The number of aliphatic carboxylic acids is 1. The SMILES string of the molecule is CC[C@H](NC(=O)Nc1ccc(Br)c(OC)c1)C(=O)O. The Labute approximate surface area is 119 Å². The zero-order valence-corrected chi connectivity index (χ0v) is 12.2. The lowest BCUT2D eigenvalue weighted by atomic mass is 10.2. The van der Waals surface area contributed by atoms with Crippen LogP contribution in [0.4, 0.5) is 10.5 Å². The lowest BCUT2D eigenvalue weighted by Gasteiger charge is -2.13. The van der Waals surface area contributed by atoms with Crippen LogP contribution in [-0.4, -0.2) is 30.3 Å². The average Bonchev–Trinajstić information content (AvgIpc) is 2.37. The van der Waals surface area contributed by atoms with E-state index >= 15 is 0 Å². The predicted octanol–water partition coefficient (Wildman–Crippen LogP) is 2.44. The van der Waals surface area contributed by atoms with Crippen LogP contribution in [-0.2, 0) is 4.79 Å². The van der Waals surface area contributed by atoms with Gasteiger partial charge in [0.1, 0.15) is 11.8 Å². The normalized spacial score (nSPS) is 11.5. The number of anilines is 1. The molecule has 2 amide bonds. The summed E-state index contributed by atoms with van der Waals surface area (Å²) in [6, 6.07) is 3.55. The zero-order valence-electron chi connectivity index (χ0n) is 10.6. The number of carbonyl (C=O) groups excluding carboxylic acids is 1. The lowest BCUT2D eigenvalue weighted by Crippen LogP contribution is -2.42. The molecule has 0 aliphatic carbocycles. The molecule has 0 aliphatic rings. The lowest BCUT2D eigenvalue weighted by molar-refractivity contribution is -0.139. The van der Waals surface area contributed by atoms with Crippen molar-refractivity contribution in [2.45, 2.75) is 19.4 Å². The maximum absolute atomic E-state index is 11.6. The quantitative estimate of drug-likeness (QED) is 0.773. The van der Waals surface area contributed by atoms with Crippen molar-refractivity contribution in [2.75, 3.05) is 12.4 Å². The number of hydrogen-bond acceptors (Lipinski definition) is 3. The molecule has 1 aromatic carbocycles. The second-order valence-corrected chi connectivity index (χ2v) is 4.60. The Bertz CT molecular complexity index is 479. The van der Waals surface area contributed by atoms with Gasteiger partial charge in [0.05, 0.1) is 11.6 Å². The first kappa shape index (κ1) is 15.3. The van der Waals surface area contributed by atoms with Gasteiger partial charge in [-0.15, -0.1) is 0 Å². The number of halogens is 1. The van der Waals surface area contributed by atoms with Crippen LogP contribution < -0.4 is 15.4 Å². The van der Waals surface area contributed by atoms with E-state index in [0.29, 0.717) is 17.9 Å². The van der Waals surface area contributed by atoms with Crippen molar-refractivity contribution in [1.29, 1.82) is 0 Å². The van der Waals surface area contributed by atoms with Gasteiger partial charge in [-0.05, 0) is 34.5 Å². The number of amides is 2. The first-order valence-electron chi connectivity index (χ1n) is 5.61. The van der Waals surface area contributed by atoms with Gasteiger partial charge in [0.25, 0.3) is 0 Å². The molecule has 6 nitrogen and oxygen atoms in total. The second-order valence-electron chi connectivity index (χ2n) is 3.75. The number of carboxylic acids is 1. The third-order valence-electron chi connectivity index (χ3n) is 2.42. The fourth-order valence-electron chi connectivity index (χ4n) is 1.40. The Balaban J connectivity index is 2.69. The van der Waals surface area contributed by atoms with Gasteiger partial charge in [-0.3, -0.25) is 0 Å². The maximum atomic E-state index is 11.6. The number of benzene rings is 1. The van der Waals surface area contributed by atoms with Crippen molar-refractivity contribution >= 4 is 33.6 Å². The molecule has 1 rings (SSSR count). The highest BCUT2D eigenvalue weighted by Gasteiger charge is 2.17. The van der Waals surface area contributed by atoms with Gasteiger partial charge in [-0.25, -0.2) is 9.59 Å². The van der Waals surface area contributed by atoms with Gasteiger partial charge < -0.3 is 20.5 Å². The highest BCUT2D eigenvalue weighted by molar-refractivity contribution is 9.10. The fraction of sp³-hybridized carbons (Fsp3) is 0.333. The van der Waals surface area contributed by atoms with Crippen LogP contribution in [0.3, 0.4) is 0 Å². The van der Waals surface area contributed by atoms with Crippen molar-refractivity contribution in [3.63, 3.8) is 0 Å². The van der Waals surface area contributed by atoms with Crippen LogP contribution in [0.5, 0.6) is 5.75 Å². The molecule has 0 heterocycles. The highest BCUT2D eigenvalue weighted by Crippen LogP contribution is 2.27. The number of nitrogens with one attached hydrogen (secondary N) is 2. The Kier molecular flexibility index (Phi) is 5.62. The van der Waals surface area contributed by atoms with Gasteiger partial charge in [0.15, 0.2) is 0 Å². The summed E-state index contributed by atoms with van der Waals surface area (Å²) in [7, 11) is 1.52. The van der Waals surface area contributed by atoms with Crippen LogP contribution in [0, 0.1) is 0 Å². The first-order valence-corrected chi connectivity index (χ1v) is 6.41. The van der Waals surface area contributed by atoms with Crippen molar-refractivity contribution in [3.8, 4) is 5.75 Å². The van der Waals surface area contributed by atoms with Crippen LogP contribution in [0.15, 0.2) is 22.7 Å². The number of carboxylic acid groups (broad SMARTS) is 1. The van der Waals surface area contributed by atoms with E-state index in [4.69, 9.17) is 9.84 Å². The summed E-state index contributed by atoms with van der Waals surface area (Å²) in [6.45, 7) is 1.68. The zero-order chi connectivity index (χ0) is 14.4. The Morgan fingerprint density at radius 3 is 2.68 bits per heavy atom. The number of methoxy groups -OCH3 is 1. The molecule has 19 heavy (non-hydrogen) atoms. The standard InChI is InChI=1S/C12H15BrN2O4/c1-3-9(11(16)17)15-12(18)14-7-4-5-8(13)10(6-7)19-2/h4-6,9H,3H2,1-2H3,(H,16,17)(H2,14,15,18)/t9-/m0/s1. The Morgan fingerprint density at radius 1 is 1.47 bits per heavy atom. The molecular formula is C12H15BrN2O4. The molecule has 1 aromatic rings. The van der Waals surface area contributed by atoms with Crippen molar-refractivity contribution in [3.05, 3.63) is 22.7 Å². The monoisotopic (exact) mass is 330 g/mol. The average molecular weight is 331 g/mol. The molecular weight excluding hydrogens is 316 g/mol. The molecule has 0 fully saturated rings. The largest absolute Gasteiger partial charge is 0.495 e. The predicted molar refractivity (Wildman–Crippen MR) is 74.6 cm³/mol. The molecule has 0 saturated carbocycles. The van der Waals surface area contributed by atoms with Gasteiger partial charge in [0, 0.05) is 11.8 Å². The number of rotatable bonds is 5. The van der Waals surface area contributed by atoms with Crippen molar-refractivity contribution in [1.82, 2.24) is 5.32 Å². The van der Waals surface area contributed by atoms with E-state index in [1.54, 1.807) is 25.1 Å². The molecule has 104 valence electrons. The third kappa shape index (κ3) is 4.44. The van der Waals surface area contributed by atoms with E-state index in [-0.39, 0.29) is 0 Å². The van der Waals surface area contributed by atoms with E-state index in [9.17, 15) is 9.59 Å². The third-order valence-corrected chi connectivity index (χ3v) is 3.08. The number of hydrogen-bond donors (Lipinski definition) is 3. The van der Waals surface area contributed by atoms with Crippen LogP contribution in [0.25, 0.3) is 0 Å². The van der Waals surface area contributed by atoms with Crippen LogP contribution >= 0.6 is 15.9 Å². The van der Waals surface area contributed by atoms with Crippen LogP contribution in [0.2, 0.25) is 0 Å². The van der Waals surface area contributed by atoms with Gasteiger partial charge in [-0.1, -0.05) is 6.92 Å². The summed E-state index contributed by atoms with van der Waals surface area (Å²) in [4.78, 5) is 22.4. The summed E-state index contributed by atoms with van der Waals surface area (Å²) in [5, 5.41) is 13.8. The minimum atomic E-state index is -1.06. The van der Waals surface area contributed by atoms with Crippen molar-refractivity contribution in [2.24, 2.45) is 0 Å². The molecule has 0 aliphatic heterocycles. The molecule has 7 heteroatoms. The number of ether oxygens (including phenoxy) is 1. The molecule has 0 spiro atoms. The summed E-state index contributed by atoms with van der Waals surface area (Å²) in [5.41, 5.74) is 0.512. The van der Waals surface area contributed by atoms with Crippen LogP contribution in [0.1, 0.15) is 13.3 Å². The molecule has 0 saturated heterocycles. The summed E-state index contributed by atoms with van der Waals surface area (Å²) >= 11 is 3.30. The molecule has 1 atom stereocenters. The Hall–Kier alpha value is -1.76. The molecule has 0 aromatic heterocycles. The number of urea groups is 1. The number of carbonyl (C=O) groups is 2. The van der Waals surface area contributed by atoms with E-state index < -0.39 is 18.0 Å². The minimum Gasteiger partial charge on any atom is -0.495 e. The summed E-state index contributed by atoms with van der Waals surface area (Å²) in [6.07, 6.45) is 0.312. The van der Waals surface area contributed by atoms with Gasteiger partial charge in [0.2, 0.25) is 0 Å². The second kappa shape index (κ2) is 6.98. The van der Waals surface area contributed by atoms with E-state index in [2.05, 4.69) is 26.6 Å². The van der Waals surface area contributed by atoms with Crippen molar-refractivity contribution < 1.29 is 19.4 Å². The molecule has 3 N–H and O–H groups in total. The molecule has 0 radical (unpaired) electrons. The minimum absolute atomic E-state index is 0.312. The summed E-state index contributed by atoms with van der Waals surface area (Å²) < 4.78 is 5.86. The smallest absolute Gasteiger partial charge is 0.326 e. The molecule has 0 unspecified atom stereocenters. The van der Waals surface area contributed by atoms with E-state index in [0.717, 1.165) is 4.47 Å². The summed E-state index contributed by atoms with van der Waals surface area (Å²) in [5.74, 6) is -0.492. The topological polar surface area (TPSA) is 87.7 Å². The maximum Gasteiger partial charge on any atom is 0.326 e. The fourth-order valence-corrected chi connectivity index (χ4v) is 1.81. The van der Waals surface area contributed by atoms with Gasteiger partial charge in [-0.2, -0.15) is 0 Å².